The molecule has 0 aliphatic carbocycles. The van der Waals surface area contributed by atoms with E-state index in [-0.39, 0.29) is 5.39 Å². The zero-order valence-electron chi connectivity index (χ0n) is 14.8. The average molecular weight is 398 g/mol. The number of alkyl halides is 3. The Labute approximate surface area is 162 Å². The van der Waals surface area contributed by atoms with Gasteiger partial charge in [-0.2, -0.15) is 13.2 Å². The Bertz CT molecular complexity index is 1240. The number of H-pyrrole nitrogens is 1. The van der Waals surface area contributed by atoms with Crippen molar-refractivity contribution in [3.63, 3.8) is 0 Å². The summed E-state index contributed by atoms with van der Waals surface area (Å²) >= 11 is 0. The van der Waals surface area contributed by atoms with E-state index in [0.29, 0.717) is 16.9 Å². The van der Waals surface area contributed by atoms with Crippen LogP contribution in [-0.2, 0) is 6.18 Å². The van der Waals surface area contributed by atoms with Crippen LogP contribution in [0, 0.1) is 5.82 Å². The van der Waals surface area contributed by atoms with Crippen LogP contribution in [0.4, 0.5) is 28.9 Å². The van der Waals surface area contributed by atoms with Gasteiger partial charge in [0.2, 0.25) is 5.43 Å². The summed E-state index contributed by atoms with van der Waals surface area (Å²) in [5, 5.41) is 3.36. The van der Waals surface area contributed by atoms with Gasteiger partial charge in [-0.25, -0.2) is 4.39 Å². The minimum atomic E-state index is -4.39. The number of para-hydroxylation sites is 1. The van der Waals surface area contributed by atoms with Crippen molar-refractivity contribution >= 4 is 22.3 Å². The van der Waals surface area contributed by atoms with E-state index in [2.05, 4.69) is 10.3 Å². The van der Waals surface area contributed by atoms with E-state index in [1.165, 1.54) is 12.1 Å². The molecule has 1 aromatic heterocycles. The summed E-state index contributed by atoms with van der Waals surface area (Å²) in [5.74, 6) is -0.852. The topological polar surface area (TPSA) is 44.9 Å². The first-order valence-electron chi connectivity index (χ1n) is 8.67. The molecular formula is C22H14F4N2O. The lowest BCUT2D eigenvalue weighted by Crippen LogP contribution is -2.07. The molecule has 3 nitrogen and oxygen atoms in total. The van der Waals surface area contributed by atoms with Crippen molar-refractivity contribution in [1.29, 1.82) is 0 Å². The summed E-state index contributed by atoms with van der Waals surface area (Å²) in [6.07, 6.45) is -3.38. The lowest BCUT2D eigenvalue weighted by atomic mass is 10.0. The molecule has 2 N–H and O–H groups in total. The van der Waals surface area contributed by atoms with Gasteiger partial charge in [-0.15, -0.1) is 0 Å². The second-order valence-corrected chi connectivity index (χ2v) is 6.47. The number of halogens is 4. The highest BCUT2D eigenvalue weighted by Crippen LogP contribution is 2.33. The molecule has 4 rings (SSSR count). The fourth-order valence-electron chi connectivity index (χ4n) is 3.11. The zero-order valence-corrected chi connectivity index (χ0v) is 14.8. The number of fused-ring (bicyclic) bond motifs is 1. The van der Waals surface area contributed by atoms with Crippen LogP contribution in [0.5, 0.6) is 0 Å². The number of nitrogens with one attached hydrogen (secondary N) is 2. The Hall–Kier alpha value is -3.61. The number of benzene rings is 3. The first-order chi connectivity index (χ1) is 13.8. The minimum absolute atomic E-state index is 0.238. The Morgan fingerprint density at radius 2 is 1.62 bits per heavy atom. The maximum Gasteiger partial charge on any atom is 0.416 e. The standard InChI is InChI=1S/C22H14F4N2O/c23-18-12-27-20-11-13(5-10-17(20)21(18)29)16-3-1-2-4-19(16)28-15-8-6-14(7-9-15)22(24,25)26/h1-12,28H,(H,27,29). The summed E-state index contributed by atoms with van der Waals surface area (Å²) < 4.78 is 51.7. The molecule has 0 bridgehead atoms. The molecule has 3 aromatic carbocycles. The molecule has 0 saturated heterocycles. The van der Waals surface area contributed by atoms with Crippen molar-refractivity contribution in [2.45, 2.75) is 6.18 Å². The number of pyridine rings is 1. The molecule has 0 fully saturated rings. The van der Waals surface area contributed by atoms with E-state index in [1.807, 2.05) is 12.1 Å². The lowest BCUT2D eigenvalue weighted by Gasteiger charge is -2.14. The van der Waals surface area contributed by atoms with Crippen molar-refractivity contribution in [2.75, 3.05) is 5.32 Å². The van der Waals surface area contributed by atoms with Gasteiger partial charge in [0, 0.05) is 28.5 Å². The second kappa shape index (κ2) is 7.09. The number of aromatic amines is 1. The van der Waals surface area contributed by atoms with E-state index in [4.69, 9.17) is 0 Å². The Morgan fingerprint density at radius 3 is 2.34 bits per heavy atom. The van der Waals surface area contributed by atoms with Crippen LogP contribution in [0.2, 0.25) is 0 Å². The fraction of sp³-hybridized carbons (Fsp3) is 0.0455. The third kappa shape index (κ3) is 3.71. The lowest BCUT2D eigenvalue weighted by molar-refractivity contribution is -0.137. The molecule has 0 atom stereocenters. The van der Waals surface area contributed by atoms with Crippen LogP contribution < -0.4 is 10.7 Å². The van der Waals surface area contributed by atoms with Crippen LogP contribution in [0.1, 0.15) is 5.56 Å². The summed E-state index contributed by atoms with van der Waals surface area (Å²) in [7, 11) is 0. The second-order valence-electron chi connectivity index (χ2n) is 6.47. The SMILES string of the molecule is O=c1c(F)c[nH]c2cc(-c3ccccc3Nc3ccc(C(F)(F)F)cc3)ccc12. The molecule has 4 aromatic rings. The van der Waals surface area contributed by atoms with Crippen molar-refractivity contribution in [3.05, 3.63) is 94.5 Å². The molecule has 0 aliphatic heterocycles. The molecule has 29 heavy (non-hydrogen) atoms. The van der Waals surface area contributed by atoms with Crippen LogP contribution in [-0.4, -0.2) is 4.98 Å². The van der Waals surface area contributed by atoms with Gasteiger partial charge in [-0.05, 0) is 48.0 Å². The summed E-state index contributed by atoms with van der Waals surface area (Å²) in [4.78, 5) is 14.7. The van der Waals surface area contributed by atoms with E-state index in [9.17, 15) is 22.4 Å². The minimum Gasteiger partial charge on any atom is -0.358 e. The number of anilines is 2. The van der Waals surface area contributed by atoms with Gasteiger partial charge in [-0.1, -0.05) is 24.3 Å². The Morgan fingerprint density at radius 1 is 0.897 bits per heavy atom. The molecule has 0 amide bonds. The first-order valence-corrected chi connectivity index (χ1v) is 8.67. The molecule has 0 aliphatic rings. The van der Waals surface area contributed by atoms with Gasteiger partial charge < -0.3 is 10.3 Å². The van der Waals surface area contributed by atoms with Gasteiger partial charge >= 0.3 is 6.18 Å². The highest BCUT2D eigenvalue weighted by Gasteiger charge is 2.29. The van der Waals surface area contributed by atoms with E-state index >= 15 is 0 Å². The fourth-order valence-corrected chi connectivity index (χ4v) is 3.11. The van der Waals surface area contributed by atoms with Crippen LogP contribution >= 0.6 is 0 Å². The third-order valence-electron chi connectivity index (χ3n) is 4.56. The van der Waals surface area contributed by atoms with E-state index in [1.54, 1.807) is 30.3 Å². The Balaban J connectivity index is 1.71. The zero-order chi connectivity index (χ0) is 20.6. The molecule has 7 heteroatoms. The maximum absolute atomic E-state index is 13.5. The van der Waals surface area contributed by atoms with Crippen molar-refractivity contribution in [1.82, 2.24) is 4.98 Å². The van der Waals surface area contributed by atoms with Crippen molar-refractivity contribution in [2.24, 2.45) is 0 Å². The van der Waals surface area contributed by atoms with Crippen molar-refractivity contribution in [3.8, 4) is 11.1 Å². The number of aromatic nitrogens is 1. The molecule has 0 saturated carbocycles. The number of hydrogen-bond acceptors (Lipinski definition) is 2. The van der Waals surface area contributed by atoms with E-state index < -0.39 is 23.0 Å². The van der Waals surface area contributed by atoms with Crippen molar-refractivity contribution < 1.29 is 17.6 Å². The molecule has 1 heterocycles. The molecule has 0 unspecified atom stereocenters. The molecule has 0 radical (unpaired) electrons. The third-order valence-corrected chi connectivity index (χ3v) is 4.56. The smallest absolute Gasteiger partial charge is 0.358 e. The highest BCUT2D eigenvalue weighted by atomic mass is 19.4. The van der Waals surface area contributed by atoms with Gasteiger partial charge in [0.25, 0.3) is 0 Å². The van der Waals surface area contributed by atoms with Crippen LogP contribution in [0.3, 0.4) is 0 Å². The normalized spacial score (nSPS) is 11.6. The molecule has 146 valence electrons. The average Bonchev–Trinajstić information content (AvgIpc) is 2.71. The Kier molecular flexibility index (Phi) is 4.58. The van der Waals surface area contributed by atoms with Gasteiger partial charge in [0.15, 0.2) is 5.82 Å². The van der Waals surface area contributed by atoms with E-state index in [0.717, 1.165) is 29.5 Å². The van der Waals surface area contributed by atoms with Crippen LogP contribution in [0.25, 0.3) is 22.0 Å². The predicted molar refractivity (Wildman–Crippen MR) is 105 cm³/mol. The van der Waals surface area contributed by atoms with Gasteiger partial charge in [-0.3, -0.25) is 4.79 Å². The number of rotatable bonds is 3. The maximum atomic E-state index is 13.5. The summed E-state index contributed by atoms with van der Waals surface area (Å²) in [6.45, 7) is 0. The van der Waals surface area contributed by atoms with Gasteiger partial charge in [0.05, 0.1) is 11.1 Å². The summed E-state index contributed by atoms with van der Waals surface area (Å²) in [6, 6.07) is 17.0. The first kappa shape index (κ1) is 18.7. The molecular weight excluding hydrogens is 384 g/mol. The highest BCUT2D eigenvalue weighted by molar-refractivity contribution is 5.88. The quantitative estimate of drug-likeness (QED) is 0.410. The van der Waals surface area contributed by atoms with Gasteiger partial charge in [0.1, 0.15) is 0 Å². The number of hydrogen-bond donors (Lipinski definition) is 2. The van der Waals surface area contributed by atoms with Crippen LogP contribution in [0.15, 0.2) is 77.7 Å². The monoisotopic (exact) mass is 398 g/mol. The molecule has 0 spiro atoms. The predicted octanol–water partition coefficient (Wildman–Crippen LogP) is 6.10. The summed E-state index contributed by atoms with van der Waals surface area (Å²) in [5.41, 5.74) is 1.80. The largest absolute Gasteiger partial charge is 0.416 e.